The summed E-state index contributed by atoms with van der Waals surface area (Å²) in [6, 6.07) is 0. The Hall–Kier alpha value is -1.58. The van der Waals surface area contributed by atoms with E-state index in [0.717, 1.165) is 5.69 Å². The number of carboxylic acids is 1. The van der Waals surface area contributed by atoms with Crippen LogP contribution >= 0.6 is 0 Å². The van der Waals surface area contributed by atoms with E-state index in [4.69, 9.17) is 5.11 Å². The molecule has 4 heteroatoms. The number of aromatic carboxylic acids is 1. The molecule has 0 radical (unpaired) electrons. The normalized spacial score (nSPS) is 10.1. The van der Waals surface area contributed by atoms with E-state index < -0.39 is 11.4 Å². The SMILES string of the molecule is Cc1c(C)n(C)cc(C(=O)O)c1=O. The average molecular weight is 181 g/mol. The fraction of sp³-hybridized carbons (Fsp3) is 0.333. The fourth-order valence-electron chi connectivity index (χ4n) is 1.13. The Balaban J connectivity index is 3.60. The highest BCUT2D eigenvalue weighted by Gasteiger charge is 2.12. The number of hydrogen-bond acceptors (Lipinski definition) is 2. The molecule has 0 aliphatic rings. The van der Waals surface area contributed by atoms with Crippen molar-refractivity contribution in [2.45, 2.75) is 13.8 Å². The molecule has 4 nitrogen and oxygen atoms in total. The Bertz CT molecular complexity index is 418. The maximum Gasteiger partial charge on any atom is 0.341 e. The van der Waals surface area contributed by atoms with E-state index in [1.807, 2.05) is 0 Å². The van der Waals surface area contributed by atoms with Crippen LogP contribution in [0.5, 0.6) is 0 Å². The van der Waals surface area contributed by atoms with Gasteiger partial charge in [0.25, 0.3) is 0 Å². The second kappa shape index (κ2) is 3.05. The lowest BCUT2D eigenvalue weighted by Gasteiger charge is -2.07. The predicted octanol–water partition coefficient (Wildman–Crippen LogP) is 0.700. The quantitative estimate of drug-likeness (QED) is 0.693. The number of hydrogen-bond donors (Lipinski definition) is 1. The third-order valence-electron chi connectivity index (χ3n) is 2.21. The molecule has 1 heterocycles. The number of aromatic nitrogens is 1. The van der Waals surface area contributed by atoms with Crippen molar-refractivity contribution >= 4 is 5.97 Å². The van der Waals surface area contributed by atoms with Crippen molar-refractivity contribution in [2.24, 2.45) is 7.05 Å². The van der Waals surface area contributed by atoms with E-state index in [9.17, 15) is 9.59 Å². The number of nitrogens with zero attached hydrogens (tertiary/aromatic N) is 1. The van der Waals surface area contributed by atoms with Crippen LogP contribution in [0.3, 0.4) is 0 Å². The van der Waals surface area contributed by atoms with Crippen molar-refractivity contribution in [1.82, 2.24) is 4.57 Å². The lowest BCUT2D eigenvalue weighted by molar-refractivity contribution is 0.0694. The van der Waals surface area contributed by atoms with E-state index >= 15 is 0 Å². The molecule has 1 N–H and O–H groups in total. The summed E-state index contributed by atoms with van der Waals surface area (Å²) < 4.78 is 1.64. The van der Waals surface area contributed by atoms with Gasteiger partial charge in [0.05, 0.1) is 0 Å². The van der Waals surface area contributed by atoms with Gasteiger partial charge in [-0.2, -0.15) is 0 Å². The minimum Gasteiger partial charge on any atom is -0.477 e. The van der Waals surface area contributed by atoms with Gasteiger partial charge < -0.3 is 9.67 Å². The molecule has 0 saturated heterocycles. The summed E-state index contributed by atoms with van der Waals surface area (Å²) in [5.41, 5.74) is 0.700. The van der Waals surface area contributed by atoms with Gasteiger partial charge in [0.2, 0.25) is 0 Å². The topological polar surface area (TPSA) is 59.3 Å². The van der Waals surface area contributed by atoms with Crippen LogP contribution in [-0.2, 0) is 7.05 Å². The Morgan fingerprint density at radius 3 is 2.46 bits per heavy atom. The van der Waals surface area contributed by atoms with E-state index in [-0.39, 0.29) is 5.56 Å². The summed E-state index contributed by atoms with van der Waals surface area (Å²) in [5, 5.41) is 8.69. The first-order chi connectivity index (χ1) is 5.95. The first kappa shape index (κ1) is 9.51. The number of carboxylic acid groups (broad SMARTS) is 1. The maximum atomic E-state index is 11.4. The zero-order valence-electron chi connectivity index (χ0n) is 7.79. The van der Waals surface area contributed by atoms with E-state index in [0.29, 0.717) is 5.56 Å². The molecule has 1 rings (SSSR count). The van der Waals surface area contributed by atoms with Crippen molar-refractivity contribution in [3.63, 3.8) is 0 Å². The highest BCUT2D eigenvalue weighted by atomic mass is 16.4. The molecule has 0 fully saturated rings. The van der Waals surface area contributed by atoms with Gasteiger partial charge >= 0.3 is 5.97 Å². The molecule has 0 saturated carbocycles. The standard InChI is InChI=1S/C9H11NO3/c1-5-6(2)10(3)4-7(8(5)11)9(12)13/h4H,1-3H3,(H,12,13). The molecular formula is C9H11NO3. The number of aryl methyl sites for hydroxylation is 1. The molecule has 0 aliphatic carbocycles. The number of carbonyl (C=O) groups is 1. The molecule has 0 bridgehead atoms. The molecule has 70 valence electrons. The van der Waals surface area contributed by atoms with Crippen LogP contribution < -0.4 is 5.43 Å². The Morgan fingerprint density at radius 1 is 1.46 bits per heavy atom. The van der Waals surface area contributed by atoms with Crippen molar-refractivity contribution in [3.8, 4) is 0 Å². The lowest BCUT2D eigenvalue weighted by Crippen LogP contribution is -2.21. The minimum absolute atomic E-state index is 0.175. The minimum atomic E-state index is -1.18. The van der Waals surface area contributed by atoms with E-state index in [2.05, 4.69) is 0 Å². The van der Waals surface area contributed by atoms with Crippen LogP contribution in [0.15, 0.2) is 11.0 Å². The van der Waals surface area contributed by atoms with Crippen LogP contribution in [0.1, 0.15) is 21.6 Å². The van der Waals surface area contributed by atoms with Crippen LogP contribution in [-0.4, -0.2) is 15.6 Å². The summed E-state index contributed by atoms with van der Waals surface area (Å²) in [6.45, 7) is 3.41. The zero-order chi connectivity index (χ0) is 10.2. The van der Waals surface area contributed by atoms with Gasteiger partial charge in [-0.25, -0.2) is 4.79 Å². The summed E-state index contributed by atoms with van der Waals surface area (Å²) in [6.07, 6.45) is 1.34. The van der Waals surface area contributed by atoms with Crippen molar-refractivity contribution in [3.05, 3.63) is 33.2 Å². The Kier molecular flexibility index (Phi) is 2.23. The van der Waals surface area contributed by atoms with Crippen LogP contribution in [0.2, 0.25) is 0 Å². The molecule has 0 aliphatic heterocycles. The molecule has 0 unspecified atom stereocenters. The number of rotatable bonds is 1. The second-order valence-electron chi connectivity index (χ2n) is 3.00. The second-order valence-corrected chi connectivity index (χ2v) is 3.00. The van der Waals surface area contributed by atoms with Gasteiger partial charge in [-0.3, -0.25) is 4.79 Å². The van der Waals surface area contributed by atoms with Crippen LogP contribution in [0.4, 0.5) is 0 Å². The van der Waals surface area contributed by atoms with Gasteiger partial charge in [-0.15, -0.1) is 0 Å². The molecule has 0 aromatic carbocycles. The van der Waals surface area contributed by atoms with Gasteiger partial charge in [0.15, 0.2) is 5.43 Å². The van der Waals surface area contributed by atoms with E-state index in [1.54, 1.807) is 25.5 Å². The van der Waals surface area contributed by atoms with Crippen LogP contribution in [0, 0.1) is 13.8 Å². The molecule has 13 heavy (non-hydrogen) atoms. The Morgan fingerprint density at radius 2 is 2.00 bits per heavy atom. The van der Waals surface area contributed by atoms with Crippen LogP contribution in [0.25, 0.3) is 0 Å². The average Bonchev–Trinajstić information content (AvgIpc) is 2.07. The summed E-state index contributed by atoms with van der Waals surface area (Å²) in [4.78, 5) is 22.0. The van der Waals surface area contributed by atoms with Gasteiger partial charge in [0, 0.05) is 24.5 Å². The molecule has 0 atom stereocenters. The Labute approximate surface area is 75.4 Å². The highest BCUT2D eigenvalue weighted by Crippen LogP contribution is 2.02. The molecular weight excluding hydrogens is 170 g/mol. The van der Waals surface area contributed by atoms with Crippen molar-refractivity contribution in [1.29, 1.82) is 0 Å². The lowest BCUT2D eigenvalue weighted by atomic mass is 10.1. The first-order valence-electron chi connectivity index (χ1n) is 3.85. The summed E-state index contributed by atoms with van der Waals surface area (Å²) in [7, 11) is 1.72. The van der Waals surface area contributed by atoms with Gasteiger partial charge in [0.1, 0.15) is 5.56 Å². The van der Waals surface area contributed by atoms with Crippen molar-refractivity contribution in [2.75, 3.05) is 0 Å². The molecule has 1 aromatic rings. The summed E-state index contributed by atoms with van der Waals surface area (Å²) >= 11 is 0. The van der Waals surface area contributed by atoms with Crippen molar-refractivity contribution < 1.29 is 9.90 Å². The summed E-state index contributed by atoms with van der Waals surface area (Å²) in [5.74, 6) is -1.18. The third kappa shape index (κ3) is 1.47. The fourth-order valence-corrected chi connectivity index (χ4v) is 1.13. The highest BCUT2D eigenvalue weighted by molar-refractivity contribution is 5.87. The molecule has 0 amide bonds. The smallest absolute Gasteiger partial charge is 0.341 e. The first-order valence-corrected chi connectivity index (χ1v) is 3.85. The van der Waals surface area contributed by atoms with Gasteiger partial charge in [-0.05, 0) is 13.8 Å². The molecule has 0 spiro atoms. The number of pyridine rings is 1. The van der Waals surface area contributed by atoms with E-state index in [1.165, 1.54) is 6.20 Å². The zero-order valence-corrected chi connectivity index (χ0v) is 7.79. The largest absolute Gasteiger partial charge is 0.477 e. The molecule has 1 aromatic heterocycles. The monoisotopic (exact) mass is 181 g/mol. The van der Waals surface area contributed by atoms with Gasteiger partial charge in [-0.1, -0.05) is 0 Å². The maximum absolute atomic E-state index is 11.4. The predicted molar refractivity (Wildman–Crippen MR) is 48.1 cm³/mol. The third-order valence-corrected chi connectivity index (χ3v) is 2.21.